The lowest BCUT2D eigenvalue weighted by atomic mass is 10.1. The van der Waals surface area contributed by atoms with Crippen LogP contribution in [-0.2, 0) is 10.0 Å². The van der Waals surface area contributed by atoms with Gasteiger partial charge in [0.1, 0.15) is 0 Å². The third-order valence-corrected chi connectivity index (χ3v) is 5.15. The molecule has 0 atom stereocenters. The first-order chi connectivity index (χ1) is 9.09. The van der Waals surface area contributed by atoms with Gasteiger partial charge in [0.25, 0.3) is 0 Å². The zero-order valence-corrected chi connectivity index (χ0v) is 12.8. The Labute approximate surface area is 117 Å². The number of sulfonamides is 1. The molecule has 108 valence electrons. The van der Waals surface area contributed by atoms with E-state index in [1.807, 2.05) is 6.07 Å². The summed E-state index contributed by atoms with van der Waals surface area (Å²) < 4.78 is 25.9. The van der Waals surface area contributed by atoms with Crippen LogP contribution in [0.4, 0.5) is 0 Å². The lowest BCUT2D eigenvalue weighted by Gasteiger charge is -2.17. The number of rotatable bonds is 9. The molecule has 0 saturated heterocycles. The quantitative estimate of drug-likeness (QED) is 0.648. The van der Waals surface area contributed by atoms with Crippen molar-refractivity contribution in [1.82, 2.24) is 4.31 Å². The van der Waals surface area contributed by atoms with Gasteiger partial charge in [0.15, 0.2) is 0 Å². The summed E-state index contributed by atoms with van der Waals surface area (Å²) in [6, 6.07) is 8.63. The van der Waals surface area contributed by atoms with Crippen LogP contribution >= 0.6 is 0 Å². The van der Waals surface area contributed by atoms with Gasteiger partial charge < -0.3 is 0 Å². The maximum atomic E-state index is 12.2. The fraction of sp³-hybridized carbons (Fsp3) is 0.600. The van der Waals surface area contributed by atoms with Gasteiger partial charge in [0.2, 0.25) is 10.0 Å². The fourth-order valence-corrected chi connectivity index (χ4v) is 3.24. The van der Waals surface area contributed by atoms with E-state index in [1.165, 1.54) is 30.0 Å². The minimum Gasteiger partial charge on any atom is -0.207 e. The minimum atomic E-state index is -3.30. The molecule has 1 aromatic rings. The normalized spacial score (nSPS) is 11.9. The van der Waals surface area contributed by atoms with Crippen LogP contribution < -0.4 is 0 Å². The van der Waals surface area contributed by atoms with Gasteiger partial charge in [-0.15, -0.1) is 0 Å². The first-order valence-electron chi connectivity index (χ1n) is 7.10. The molecule has 0 saturated carbocycles. The molecule has 0 bridgehead atoms. The zero-order chi connectivity index (χ0) is 14.1. The average molecular weight is 283 g/mol. The van der Waals surface area contributed by atoms with Gasteiger partial charge in [-0.3, -0.25) is 0 Å². The van der Waals surface area contributed by atoms with Gasteiger partial charge in [-0.2, -0.15) is 0 Å². The highest BCUT2D eigenvalue weighted by molar-refractivity contribution is 7.89. The van der Waals surface area contributed by atoms with Gasteiger partial charge in [0.05, 0.1) is 4.90 Å². The Bertz CT molecular complexity index is 442. The van der Waals surface area contributed by atoms with E-state index < -0.39 is 10.0 Å². The van der Waals surface area contributed by atoms with Crippen LogP contribution in [0, 0.1) is 0 Å². The maximum Gasteiger partial charge on any atom is 0.242 e. The van der Waals surface area contributed by atoms with Gasteiger partial charge in [-0.25, -0.2) is 12.7 Å². The fourth-order valence-electron chi connectivity index (χ4n) is 2.01. The number of hydrogen-bond donors (Lipinski definition) is 0. The molecule has 4 heteroatoms. The SMILES string of the molecule is CCCCCCCCN(C)S(=O)(=O)c1ccccc1. The van der Waals surface area contributed by atoms with E-state index in [0.717, 1.165) is 12.8 Å². The van der Waals surface area contributed by atoms with Crippen molar-refractivity contribution in [3.05, 3.63) is 30.3 Å². The highest BCUT2D eigenvalue weighted by Crippen LogP contribution is 2.14. The van der Waals surface area contributed by atoms with E-state index in [1.54, 1.807) is 31.3 Å². The standard InChI is InChI=1S/C15H25NO2S/c1-3-4-5-6-7-11-14-16(2)19(17,18)15-12-9-8-10-13-15/h8-10,12-13H,3-7,11,14H2,1-2H3. The van der Waals surface area contributed by atoms with E-state index in [4.69, 9.17) is 0 Å². The van der Waals surface area contributed by atoms with Crippen LogP contribution in [0.25, 0.3) is 0 Å². The molecule has 1 rings (SSSR count). The molecule has 0 aliphatic heterocycles. The second-order valence-corrected chi connectivity index (χ2v) is 6.95. The summed E-state index contributed by atoms with van der Waals surface area (Å²) in [7, 11) is -1.64. The molecule has 0 aromatic heterocycles. The summed E-state index contributed by atoms with van der Waals surface area (Å²) in [6.07, 6.45) is 7.01. The second kappa shape index (κ2) is 8.33. The molecule has 0 N–H and O–H groups in total. The van der Waals surface area contributed by atoms with Gasteiger partial charge in [-0.05, 0) is 18.6 Å². The van der Waals surface area contributed by atoms with Crippen LogP contribution in [0.5, 0.6) is 0 Å². The second-order valence-electron chi connectivity index (χ2n) is 4.91. The Kier molecular flexibility index (Phi) is 7.10. The van der Waals surface area contributed by atoms with Gasteiger partial charge >= 0.3 is 0 Å². The first kappa shape index (κ1) is 16.2. The molecular weight excluding hydrogens is 258 g/mol. The lowest BCUT2D eigenvalue weighted by Crippen LogP contribution is -2.27. The molecule has 3 nitrogen and oxygen atoms in total. The highest BCUT2D eigenvalue weighted by atomic mass is 32.2. The number of nitrogens with zero attached hydrogens (tertiary/aromatic N) is 1. The molecule has 0 aliphatic rings. The highest BCUT2D eigenvalue weighted by Gasteiger charge is 2.19. The van der Waals surface area contributed by atoms with Crippen molar-refractivity contribution in [3.63, 3.8) is 0 Å². The lowest BCUT2D eigenvalue weighted by molar-refractivity contribution is 0.449. The molecule has 0 spiro atoms. The summed E-state index contributed by atoms with van der Waals surface area (Å²) >= 11 is 0. The largest absolute Gasteiger partial charge is 0.242 e. The van der Waals surface area contributed by atoms with Crippen molar-refractivity contribution in [3.8, 4) is 0 Å². The van der Waals surface area contributed by atoms with Gasteiger partial charge in [-0.1, -0.05) is 57.2 Å². The molecule has 0 fully saturated rings. The Balaban J connectivity index is 2.39. The molecule has 0 heterocycles. The zero-order valence-electron chi connectivity index (χ0n) is 12.0. The summed E-state index contributed by atoms with van der Waals surface area (Å²) in [4.78, 5) is 0.378. The number of unbranched alkanes of at least 4 members (excludes halogenated alkanes) is 5. The van der Waals surface area contributed by atoms with Crippen LogP contribution in [0.3, 0.4) is 0 Å². The maximum absolute atomic E-state index is 12.2. The Hall–Kier alpha value is -0.870. The van der Waals surface area contributed by atoms with E-state index in [2.05, 4.69) is 6.92 Å². The molecule has 19 heavy (non-hydrogen) atoms. The van der Waals surface area contributed by atoms with E-state index in [0.29, 0.717) is 11.4 Å². The van der Waals surface area contributed by atoms with E-state index in [-0.39, 0.29) is 0 Å². The van der Waals surface area contributed by atoms with Crippen LogP contribution in [0.1, 0.15) is 45.4 Å². The molecule has 0 amide bonds. The molecular formula is C15H25NO2S. The third kappa shape index (κ3) is 5.33. The smallest absolute Gasteiger partial charge is 0.207 e. The van der Waals surface area contributed by atoms with Gasteiger partial charge in [0, 0.05) is 13.6 Å². The van der Waals surface area contributed by atoms with Crippen molar-refractivity contribution >= 4 is 10.0 Å². The predicted molar refractivity (Wildman–Crippen MR) is 79.6 cm³/mol. The number of benzene rings is 1. The van der Waals surface area contributed by atoms with Crippen LogP contribution in [0.15, 0.2) is 35.2 Å². The topological polar surface area (TPSA) is 37.4 Å². The Morgan fingerprint density at radius 1 is 0.947 bits per heavy atom. The van der Waals surface area contributed by atoms with Crippen molar-refractivity contribution in [2.45, 2.75) is 50.3 Å². The van der Waals surface area contributed by atoms with Crippen LogP contribution in [0.2, 0.25) is 0 Å². The van der Waals surface area contributed by atoms with Crippen LogP contribution in [-0.4, -0.2) is 26.3 Å². The number of hydrogen-bond acceptors (Lipinski definition) is 2. The summed E-state index contributed by atoms with van der Waals surface area (Å²) in [5.41, 5.74) is 0. The van der Waals surface area contributed by atoms with Crippen molar-refractivity contribution < 1.29 is 8.42 Å². The first-order valence-corrected chi connectivity index (χ1v) is 8.54. The molecule has 0 aliphatic carbocycles. The summed E-state index contributed by atoms with van der Waals surface area (Å²) in [5, 5.41) is 0. The Morgan fingerprint density at radius 3 is 2.16 bits per heavy atom. The van der Waals surface area contributed by atoms with Crippen molar-refractivity contribution in [1.29, 1.82) is 0 Å². The van der Waals surface area contributed by atoms with E-state index >= 15 is 0 Å². The summed E-state index contributed by atoms with van der Waals surface area (Å²) in [5.74, 6) is 0. The average Bonchev–Trinajstić information content (AvgIpc) is 2.43. The third-order valence-electron chi connectivity index (χ3n) is 3.28. The van der Waals surface area contributed by atoms with Crippen molar-refractivity contribution in [2.24, 2.45) is 0 Å². The summed E-state index contributed by atoms with van der Waals surface area (Å²) in [6.45, 7) is 2.80. The Morgan fingerprint density at radius 2 is 1.53 bits per heavy atom. The molecule has 0 unspecified atom stereocenters. The minimum absolute atomic E-state index is 0.378. The molecule has 1 aromatic carbocycles. The predicted octanol–water partition coefficient (Wildman–Crippen LogP) is 3.67. The monoisotopic (exact) mass is 283 g/mol. The van der Waals surface area contributed by atoms with Crippen molar-refractivity contribution in [2.75, 3.05) is 13.6 Å². The van der Waals surface area contributed by atoms with E-state index in [9.17, 15) is 8.42 Å². The molecule has 0 radical (unpaired) electrons.